The standard InChI is InChI=1S/C15H15N3O2/c1-8-5-11(10(3)19)13-12(6-8)15(20)17(4)14-9(2)16-7-18(13)14/h5-7H,1-4H3. The van der Waals surface area contributed by atoms with Gasteiger partial charge < -0.3 is 0 Å². The van der Waals surface area contributed by atoms with Crippen LogP contribution >= 0.6 is 0 Å². The number of nitrogens with zero attached hydrogens (tertiary/aromatic N) is 3. The molecule has 0 saturated heterocycles. The second-order valence-corrected chi connectivity index (χ2v) is 5.15. The molecule has 20 heavy (non-hydrogen) atoms. The van der Waals surface area contributed by atoms with E-state index in [1.807, 2.05) is 30.4 Å². The summed E-state index contributed by atoms with van der Waals surface area (Å²) in [4.78, 5) is 28.7. The molecule has 0 atom stereocenters. The number of imidazole rings is 1. The van der Waals surface area contributed by atoms with Crippen molar-refractivity contribution < 1.29 is 4.79 Å². The molecule has 2 aromatic heterocycles. The first-order chi connectivity index (χ1) is 9.41. The van der Waals surface area contributed by atoms with Crippen molar-refractivity contribution >= 4 is 22.3 Å². The van der Waals surface area contributed by atoms with Crippen molar-refractivity contribution in [1.29, 1.82) is 0 Å². The van der Waals surface area contributed by atoms with Crippen LogP contribution in [0.15, 0.2) is 23.3 Å². The van der Waals surface area contributed by atoms with Gasteiger partial charge in [0.1, 0.15) is 12.0 Å². The van der Waals surface area contributed by atoms with Crippen molar-refractivity contribution in [3.63, 3.8) is 0 Å². The van der Waals surface area contributed by atoms with Crippen molar-refractivity contribution in [3.8, 4) is 0 Å². The van der Waals surface area contributed by atoms with E-state index in [1.54, 1.807) is 17.9 Å². The maximum absolute atomic E-state index is 12.5. The number of ketones is 1. The highest BCUT2D eigenvalue weighted by molar-refractivity contribution is 6.06. The number of carbonyl (C=O) groups is 1. The lowest BCUT2D eigenvalue weighted by Gasteiger charge is -2.11. The minimum absolute atomic E-state index is 0.0559. The fourth-order valence-electron chi connectivity index (χ4n) is 2.75. The van der Waals surface area contributed by atoms with E-state index in [2.05, 4.69) is 4.98 Å². The third-order valence-corrected chi connectivity index (χ3v) is 3.65. The highest BCUT2D eigenvalue weighted by atomic mass is 16.1. The number of fused-ring (bicyclic) bond motifs is 3. The number of Topliss-reactive ketones (excluding diaryl/α,β-unsaturated/α-hetero) is 1. The summed E-state index contributed by atoms with van der Waals surface area (Å²) < 4.78 is 3.40. The minimum Gasteiger partial charge on any atom is -0.295 e. The summed E-state index contributed by atoms with van der Waals surface area (Å²) in [6.45, 7) is 5.25. The van der Waals surface area contributed by atoms with Gasteiger partial charge in [0, 0.05) is 12.6 Å². The molecule has 1 aromatic carbocycles. The largest absolute Gasteiger partial charge is 0.295 e. The van der Waals surface area contributed by atoms with Crippen LogP contribution in [0.4, 0.5) is 0 Å². The summed E-state index contributed by atoms with van der Waals surface area (Å²) in [5.41, 5.74) is 3.47. The molecule has 0 fully saturated rings. The molecule has 0 radical (unpaired) electrons. The van der Waals surface area contributed by atoms with Gasteiger partial charge in [-0.3, -0.25) is 18.6 Å². The van der Waals surface area contributed by atoms with Crippen LogP contribution in [0.5, 0.6) is 0 Å². The third-order valence-electron chi connectivity index (χ3n) is 3.65. The van der Waals surface area contributed by atoms with Crippen LogP contribution in [0.2, 0.25) is 0 Å². The van der Waals surface area contributed by atoms with Crippen molar-refractivity contribution in [1.82, 2.24) is 14.0 Å². The number of rotatable bonds is 1. The van der Waals surface area contributed by atoms with Gasteiger partial charge in [-0.1, -0.05) is 0 Å². The van der Waals surface area contributed by atoms with Crippen molar-refractivity contribution in [3.05, 3.63) is 45.6 Å². The Kier molecular flexibility index (Phi) is 2.54. The molecule has 0 unspecified atom stereocenters. The molecule has 0 spiro atoms. The maximum atomic E-state index is 12.5. The smallest absolute Gasteiger partial charge is 0.261 e. The summed E-state index contributed by atoms with van der Waals surface area (Å²) in [5, 5.41) is 0.544. The molecule has 0 aliphatic carbocycles. The molecular weight excluding hydrogens is 254 g/mol. The van der Waals surface area contributed by atoms with Crippen molar-refractivity contribution in [2.45, 2.75) is 20.8 Å². The molecule has 0 amide bonds. The second-order valence-electron chi connectivity index (χ2n) is 5.15. The van der Waals surface area contributed by atoms with Gasteiger partial charge in [-0.15, -0.1) is 0 Å². The highest BCUT2D eigenvalue weighted by Crippen LogP contribution is 2.21. The molecule has 2 heterocycles. The van der Waals surface area contributed by atoms with E-state index in [0.717, 1.165) is 11.3 Å². The normalized spacial score (nSPS) is 11.4. The summed E-state index contributed by atoms with van der Waals surface area (Å²) >= 11 is 0. The van der Waals surface area contributed by atoms with E-state index in [0.29, 0.717) is 22.1 Å². The Morgan fingerprint density at radius 3 is 2.60 bits per heavy atom. The zero-order valence-electron chi connectivity index (χ0n) is 11.9. The van der Waals surface area contributed by atoms with Gasteiger partial charge in [0.2, 0.25) is 0 Å². The quantitative estimate of drug-likeness (QED) is 0.635. The second kappa shape index (κ2) is 4.03. The molecule has 0 N–H and O–H groups in total. The lowest BCUT2D eigenvalue weighted by Crippen LogP contribution is -2.21. The van der Waals surface area contributed by atoms with Gasteiger partial charge in [0.05, 0.1) is 16.6 Å². The van der Waals surface area contributed by atoms with Crippen LogP contribution in [0.1, 0.15) is 28.5 Å². The van der Waals surface area contributed by atoms with Gasteiger partial charge in [-0.05, 0) is 38.5 Å². The molecule has 102 valence electrons. The number of hydrogen-bond acceptors (Lipinski definition) is 3. The fourth-order valence-corrected chi connectivity index (χ4v) is 2.75. The van der Waals surface area contributed by atoms with Crippen molar-refractivity contribution in [2.24, 2.45) is 7.05 Å². The van der Waals surface area contributed by atoms with Crippen LogP contribution < -0.4 is 5.56 Å². The number of aryl methyl sites for hydroxylation is 3. The van der Waals surface area contributed by atoms with Crippen LogP contribution in [0.25, 0.3) is 16.6 Å². The van der Waals surface area contributed by atoms with E-state index in [-0.39, 0.29) is 11.3 Å². The number of benzene rings is 1. The molecule has 5 nitrogen and oxygen atoms in total. The molecule has 5 heteroatoms. The number of hydrogen-bond donors (Lipinski definition) is 0. The molecule has 3 rings (SSSR count). The highest BCUT2D eigenvalue weighted by Gasteiger charge is 2.16. The summed E-state index contributed by atoms with van der Waals surface area (Å²) in [7, 11) is 1.72. The molecular formula is C15H15N3O2. The van der Waals surface area contributed by atoms with E-state index in [1.165, 1.54) is 6.92 Å². The molecule has 3 aromatic rings. The topological polar surface area (TPSA) is 56.4 Å². The average Bonchev–Trinajstić information content (AvgIpc) is 2.77. The Hall–Kier alpha value is -2.43. The lowest BCUT2D eigenvalue weighted by molar-refractivity contribution is 0.101. The first kappa shape index (κ1) is 12.6. The Bertz CT molecular complexity index is 932. The monoisotopic (exact) mass is 269 g/mol. The lowest BCUT2D eigenvalue weighted by atomic mass is 10.0. The molecule has 0 bridgehead atoms. The predicted molar refractivity (Wildman–Crippen MR) is 77.4 cm³/mol. The van der Waals surface area contributed by atoms with Gasteiger partial charge in [0.25, 0.3) is 5.56 Å². The molecule has 0 saturated carbocycles. The van der Waals surface area contributed by atoms with Gasteiger partial charge in [-0.2, -0.15) is 0 Å². The summed E-state index contributed by atoms with van der Waals surface area (Å²) in [6, 6.07) is 3.64. The van der Waals surface area contributed by atoms with Gasteiger partial charge in [0.15, 0.2) is 5.78 Å². The minimum atomic E-state index is -0.109. The van der Waals surface area contributed by atoms with E-state index >= 15 is 0 Å². The van der Waals surface area contributed by atoms with E-state index < -0.39 is 0 Å². The number of carbonyl (C=O) groups excluding carboxylic acids is 1. The first-order valence-corrected chi connectivity index (χ1v) is 6.39. The Balaban J connectivity index is 2.74. The zero-order valence-corrected chi connectivity index (χ0v) is 11.9. The van der Waals surface area contributed by atoms with Gasteiger partial charge in [-0.25, -0.2) is 4.98 Å². The molecule has 0 aliphatic rings. The number of aromatic nitrogens is 3. The Morgan fingerprint density at radius 1 is 1.25 bits per heavy atom. The maximum Gasteiger partial charge on any atom is 0.261 e. The van der Waals surface area contributed by atoms with Crippen LogP contribution in [0, 0.1) is 13.8 Å². The third kappa shape index (κ3) is 1.52. The zero-order chi connectivity index (χ0) is 14.6. The Labute approximate surface area is 115 Å². The van der Waals surface area contributed by atoms with E-state index in [9.17, 15) is 9.59 Å². The molecule has 0 aliphatic heterocycles. The fraction of sp³-hybridized carbons (Fsp3) is 0.267. The van der Waals surface area contributed by atoms with Crippen molar-refractivity contribution in [2.75, 3.05) is 0 Å². The van der Waals surface area contributed by atoms with Crippen LogP contribution in [-0.4, -0.2) is 19.7 Å². The summed E-state index contributed by atoms with van der Waals surface area (Å²) in [5.74, 6) is -0.0559. The first-order valence-electron chi connectivity index (χ1n) is 6.39. The Morgan fingerprint density at radius 2 is 1.95 bits per heavy atom. The van der Waals surface area contributed by atoms with Gasteiger partial charge >= 0.3 is 0 Å². The van der Waals surface area contributed by atoms with Crippen LogP contribution in [0.3, 0.4) is 0 Å². The average molecular weight is 269 g/mol. The SMILES string of the molecule is CC(=O)c1cc(C)cc2c(=O)n(C)c3c(C)ncn3c12. The summed E-state index contributed by atoms with van der Waals surface area (Å²) in [6.07, 6.45) is 1.66. The van der Waals surface area contributed by atoms with E-state index in [4.69, 9.17) is 0 Å². The van der Waals surface area contributed by atoms with Crippen LogP contribution in [-0.2, 0) is 7.05 Å². The predicted octanol–water partition coefficient (Wildman–Crippen LogP) is 2.01.